The van der Waals surface area contributed by atoms with Crippen LogP contribution in [0.2, 0.25) is 0 Å². The van der Waals surface area contributed by atoms with Gasteiger partial charge >= 0.3 is 0 Å². The van der Waals surface area contributed by atoms with Crippen molar-refractivity contribution in [1.82, 2.24) is 6.15 Å². The fourth-order valence-corrected chi connectivity index (χ4v) is 2.32. The molecule has 0 aromatic carbocycles. The minimum absolute atomic E-state index is 0. The van der Waals surface area contributed by atoms with Crippen LogP contribution in [0, 0.1) is 0 Å². The summed E-state index contributed by atoms with van der Waals surface area (Å²) < 4.78 is 0. The Bertz CT molecular complexity index is 70.8. The van der Waals surface area contributed by atoms with Crippen LogP contribution in [0.1, 0.15) is 32.6 Å². The zero-order valence-corrected chi connectivity index (χ0v) is 9.03. The summed E-state index contributed by atoms with van der Waals surface area (Å²) in [7, 11) is 0. The summed E-state index contributed by atoms with van der Waals surface area (Å²) in [6, 6.07) is 0. The first-order chi connectivity index (χ1) is 4.41. The van der Waals surface area contributed by atoms with Gasteiger partial charge in [0.25, 0.3) is 0 Å². The Morgan fingerprint density at radius 3 is 2.50 bits per heavy atom. The molecule has 0 fully saturated rings. The van der Waals surface area contributed by atoms with Gasteiger partial charge < -0.3 is 6.15 Å². The van der Waals surface area contributed by atoms with E-state index in [1.165, 1.54) is 31.4 Å². The van der Waals surface area contributed by atoms with Crippen molar-refractivity contribution in [3.63, 3.8) is 0 Å². The van der Waals surface area contributed by atoms with E-state index in [1.807, 2.05) is 11.4 Å². The van der Waals surface area contributed by atoms with Crippen molar-refractivity contribution in [3.05, 3.63) is 0 Å². The minimum atomic E-state index is 0. The van der Waals surface area contributed by atoms with E-state index >= 15 is 0 Å². The Labute approximate surface area is 74.5 Å². The summed E-state index contributed by atoms with van der Waals surface area (Å²) in [6.07, 6.45) is 5.45. The third-order valence-corrected chi connectivity index (χ3v) is 3.53. The van der Waals surface area contributed by atoms with E-state index in [4.69, 9.17) is 11.8 Å². The molecule has 0 radical (unpaired) electrons. The highest BCUT2D eigenvalue weighted by Crippen LogP contribution is 2.19. The second-order valence-corrected chi connectivity index (χ2v) is 5.35. The Morgan fingerprint density at radius 2 is 2.00 bits per heavy atom. The first kappa shape index (κ1) is 13.4. The van der Waals surface area contributed by atoms with Crippen LogP contribution in [-0.2, 0) is 11.8 Å². The van der Waals surface area contributed by atoms with Crippen LogP contribution in [0.25, 0.3) is 0 Å². The van der Waals surface area contributed by atoms with Crippen LogP contribution in [0.5, 0.6) is 0 Å². The van der Waals surface area contributed by atoms with Crippen molar-refractivity contribution >= 4 is 29.7 Å². The van der Waals surface area contributed by atoms with Crippen LogP contribution in [0.3, 0.4) is 0 Å². The van der Waals surface area contributed by atoms with E-state index in [2.05, 4.69) is 6.92 Å². The lowest BCUT2D eigenvalue weighted by molar-refractivity contribution is 0.707. The summed E-state index contributed by atoms with van der Waals surface area (Å²) in [6.45, 7) is 3.30. The maximum atomic E-state index is 4.77. The van der Waals surface area contributed by atoms with Crippen molar-refractivity contribution in [2.24, 2.45) is 0 Å². The van der Waals surface area contributed by atoms with Crippen LogP contribution in [0.4, 0.5) is 0 Å². The first-order valence-corrected chi connectivity index (χ1v) is 6.86. The van der Waals surface area contributed by atoms with Gasteiger partial charge in [-0.05, 0) is 18.2 Å². The summed E-state index contributed by atoms with van der Waals surface area (Å²) in [5.74, 6) is 1.26. The first-order valence-electron chi connectivity index (χ1n) is 3.36. The van der Waals surface area contributed by atoms with Crippen molar-refractivity contribution in [2.45, 2.75) is 32.6 Å². The Hall–Kier alpha value is 0.830. The monoisotopic (exact) mass is 197 g/mol. The van der Waals surface area contributed by atoms with Crippen LogP contribution in [0.15, 0.2) is 0 Å². The lowest BCUT2D eigenvalue weighted by Crippen LogP contribution is -1.76. The molecule has 3 N–H and O–H groups in total. The van der Waals surface area contributed by atoms with Gasteiger partial charge in [0.1, 0.15) is 0 Å². The number of rotatable bonds is 6. The largest absolute Gasteiger partial charge is 0.344 e. The molecule has 0 aliphatic heterocycles. The Kier molecular flexibility index (Phi) is 16.8. The molecule has 0 spiro atoms. The zero-order chi connectivity index (χ0) is 6.95. The number of hydrogen-bond acceptors (Lipinski definition) is 3. The number of hydrogen-bond donors (Lipinski definition) is 1. The van der Waals surface area contributed by atoms with Crippen LogP contribution >= 0.6 is 17.9 Å². The van der Waals surface area contributed by atoms with Gasteiger partial charge in [0.2, 0.25) is 0 Å². The standard InChI is InChI=1S/C6H13PS2.H3N/c1-2-3-4-5-6-9-7-8;/h2-6H2,1H3;1H3. The van der Waals surface area contributed by atoms with Gasteiger partial charge in [-0.3, -0.25) is 0 Å². The highest BCUT2D eigenvalue weighted by molar-refractivity contribution is 8.57. The fourth-order valence-electron chi connectivity index (χ4n) is 0.631. The second kappa shape index (κ2) is 12.5. The average Bonchev–Trinajstić information content (AvgIpc) is 1.89. The SMILES string of the molecule is CCCCCCSP=S.N. The predicted molar refractivity (Wildman–Crippen MR) is 55.9 cm³/mol. The molecule has 0 heterocycles. The van der Waals surface area contributed by atoms with E-state index in [-0.39, 0.29) is 6.15 Å². The molecule has 0 saturated carbocycles. The van der Waals surface area contributed by atoms with Crippen molar-refractivity contribution in [3.8, 4) is 0 Å². The van der Waals surface area contributed by atoms with Gasteiger partial charge in [0.15, 0.2) is 0 Å². The summed E-state index contributed by atoms with van der Waals surface area (Å²) in [4.78, 5) is 0. The molecule has 62 valence electrons. The molecule has 0 atom stereocenters. The molecule has 0 aliphatic rings. The van der Waals surface area contributed by atoms with E-state index in [0.717, 1.165) is 6.56 Å². The summed E-state index contributed by atoms with van der Waals surface area (Å²) in [5.41, 5.74) is 0. The molecule has 0 aliphatic carbocycles. The molecule has 1 nitrogen and oxygen atoms in total. The van der Waals surface area contributed by atoms with E-state index in [9.17, 15) is 0 Å². The lowest BCUT2D eigenvalue weighted by atomic mass is 10.2. The predicted octanol–water partition coefficient (Wildman–Crippen LogP) is 3.79. The zero-order valence-electron chi connectivity index (χ0n) is 6.51. The molecule has 0 amide bonds. The molecule has 4 heteroatoms. The van der Waals surface area contributed by atoms with Crippen LogP contribution in [-0.4, -0.2) is 5.75 Å². The third-order valence-electron chi connectivity index (χ3n) is 1.14. The molecule has 0 saturated heterocycles. The maximum absolute atomic E-state index is 4.77. The van der Waals surface area contributed by atoms with Crippen LogP contribution < -0.4 is 6.15 Å². The normalized spacial score (nSPS) is 9.30. The van der Waals surface area contributed by atoms with Gasteiger partial charge in [0.05, 0.1) is 0 Å². The van der Waals surface area contributed by atoms with E-state index in [1.54, 1.807) is 0 Å². The quantitative estimate of drug-likeness (QED) is 0.520. The highest BCUT2D eigenvalue weighted by Gasteiger charge is 1.85. The minimum Gasteiger partial charge on any atom is -0.344 e. The second-order valence-electron chi connectivity index (χ2n) is 1.97. The van der Waals surface area contributed by atoms with Crippen molar-refractivity contribution in [1.29, 1.82) is 0 Å². The van der Waals surface area contributed by atoms with Gasteiger partial charge in [-0.2, -0.15) is 0 Å². The molecule has 0 aromatic rings. The molecular weight excluding hydrogens is 181 g/mol. The molecule has 0 rings (SSSR count). The maximum Gasteiger partial charge on any atom is 0.0430 e. The number of unbranched alkanes of at least 4 members (excludes halogenated alkanes) is 3. The summed E-state index contributed by atoms with van der Waals surface area (Å²) in [5, 5.41) is 0. The average molecular weight is 197 g/mol. The van der Waals surface area contributed by atoms with E-state index in [0.29, 0.717) is 0 Å². The molecule has 0 unspecified atom stereocenters. The van der Waals surface area contributed by atoms with Crippen molar-refractivity contribution < 1.29 is 0 Å². The molecule has 10 heavy (non-hydrogen) atoms. The topological polar surface area (TPSA) is 35.0 Å². The third kappa shape index (κ3) is 11.6. The smallest absolute Gasteiger partial charge is 0.0430 e. The van der Waals surface area contributed by atoms with Gasteiger partial charge in [-0.1, -0.05) is 37.6 Å². The molecular formula is C6H16NPS2. The van der Waals surface area contributed by atoms with Gasteiger partial charge in [0, 0.05) is 12.3 Å². The van der Waals surface area contributed by atoms with Gasteiger partial charge in [-0.25, -0.2) is 0 Å². The molecule has 0 bridgehead atoms. The summed E-state index contributed by atoms with van der Waals surface area (Å²) >= 11 is 6.61. The van der Waals surface area contributed by atoms with Crippen molar-refractivity contribution in [2.75, 3.05) is 5.75 Å². The van der Waals surface area contributed by atoms with E-state index < -0.39 is 0 Å². The molecule has 0 aromatic heterocycles. The Morgan fingerprint density at radius 1 is 1.30 bits per heavy atom. The Balaban J connectivity index is 0. The van der Waals surface area contributed by atoms with Gasteiger partial charge in [-0.15, -0.1) is 0 Å². The highest BCUT2D eigenvalue weighted by atomic mass is 32.9. The fraction of sp³-hybridized carbons (Fsp3) is 1.00. The lowest BCUT2D eigenvalue weighted by Gasteiger charge is -1.93.